The summed E-state index contributed by atoms with van der Waals surface area (Å²) in [7, 11) is 0. The first-order valence-corrected chi connectivity index (χ1v) is 5.73. The van der Waals surface area contributed by atoms with Gasteiger partial charge in [-0.2, -0.15) is 0 Å². The van der Waals surface area contributed by atoms with Crippen molar-refractivity contribution in [3.63, 3.8) is 0 Å². The molecule has 16 heavy (non-hydrogen) atoms. The third-order valence-corrected chi connectivity index (χ3v) is 2.68. The van der Waals surface area contributed by atoms with E-state index >= 15 is 0 Å². The van der Waals surface area contributed by atoms with Crippen LogP contribution in [-0.2, 0) is 0 Å². The Morgan fingerprint density at radius 2 is 1.75 bits per heavy atom. The largest absolute Gasteiger partial charge is 0.360 e. The second-order valence-corrected chi connectivity index (χ2v) is 4.55. The predicted octanol–water partition coefficient (Wildman–Crippen LogP) is 3.16. The van der Waals surface area contributed by atoms with E-state index in [1.54, 1.807) is 12.1 Å². The van der Waals surface area contributed by atoms with E-state index in [-0.39, 0.29) is 5.82 Å². The molecule has 1 aromatic rings. The van der Waals surface area contributed by atoms with Gasteiger partial charge < -0.3 is 10.6 Å². The highest BCUT2D eigenvalue weighted by Gasteiger charge is 2.07. The Kier molecular flexibility index (Phi) is 4.68. The van der Waals surface area contributed by atoms with Crippen LogP contribution in [0.4, 0.5) is 10.1 Å². The van der Waals surface area contributed by atoms with Crippen molar-refractivity contribution in [1.82, 2.24) is 5.32 Å². The molecule has 1 unspecified atom stereocenters. The molecule has 0 fully saturated rings. The number of benzene rings is 1. The minimum Gasteiger partial charge on any atom is -0.360 e. The van der Waals surface area contributed by atoms with Gasteiger partial charge in [-0.05, 0) is 49.3 Å². The lowest BCUT2D eigenvalue weighted by Gasteiger charge is -2.19. The van der Waals surface area contributed by atoms with Crippen molar-refractivity contribution in [2.75, 3.05) is 5.32 Å². The van der Waals surface area contributed by atoms with Crippen molar-refractivity contribution in [1.29, 1.82) is 0 Å². The van der Waals surface area contributed by atoms with E-state index in [1.165, 1.54) is 12.1 Å². The fourth-order valence-corrected chi connectivity index (χ4v) is 1.38. The van der Waals surface area contributed by atoms with Crippen LogP contribution in [0.1, 0.15) is 20.8 Å². The summed E-state index contributed by atoms with van der Waals surface area (Å²) >= 11 is 5.15. The quantitative estimate of drug-likeness (QED) is 0.794. The zero-order chi connectivity index (χ0) is 12.1. The summed E-state index contributed by atoms with van der Waals surface area (Å²) in [4.78, 5) is 0. The Morgan fingerprint density at radius 3 is 2.25 bits per heavy atom. The fraction of sp³-hybridized carbons (Fsp3) is 0.417. The molecule has 2 N–H and O–H groups in total. The van der Waals surface area contributed by atoms with E-state index < -0.39 is 0 Å². The summed E-state index contributed by atoms with van der Waals surface area (Å²) in [5, 5.41) is 6.74. The van der Waals surface area contributed by atoms with Crippen molar-refractivity contribution >= 4 is 23.0 Å². The summed E-state index contributed by atoms with van der Waals surface area (Å²) in [5.74, 6) is 0.257. The third kappa shape index (κ3) is 4.14. The minimum atomic E-state index is -0.250. The molecular formula is C12H17FN2S. The van der Waals surface area contributed by atoms with Gasteiger partial charge in [-0.1, -0.05) is 13.8 Å². The van der Waals surface area contributed by atoms with Crippen molar-refractivity contribution in [3.8, 4) is 0 Å². The van der Waals surface area contributed by atoms with Gasteiger partial charge in [0.25, 0.3) is 0 Å². The number of rotatable bonds is 3. The summed E-state index contributed by atoms with van der Waals surface area (Å²) < 4.78 is 12.7. The second kappa shape index (κ2) is 5.80. The van der Waals surface area contributed by atoms with Gasteiger partial charge in [0, 0.05) is 11.7 Å². The average Bonchev–Trinajstić information content (AvgIpc) is 2.21. The summed E-state index contributed by atoms with van der Waals surface area (Å²) in [6.45, 7) is 6.32. The van der Waals surface area contributed by atoms with Crippen molar-refractivity contribution in [3.05, 3.63) is 30.1 Å². The predicted molar refractivity (Wildman–Crippen MR) is 70.1 cm³/mol. The molecule has 0 aliphatic carbocycles. The second-order valence-electron chi connectivity index (χ2n) is 4.14. The number of hydrogen-bond donors (Lipinski definition) is 2. The first-order valence-electron chi connectivity index (χ1n) is 5.32. The molecule has 0 radical (unpaired) electrons. The number of halogens is 1. The highest BCUT2D eigenvalue weighted by Crippen LogP contribution is 2.08. The van der Waals surface area contributed by atoms with E-state index in [4.69, 9.17) is 12.2 Å². The van der Waals surface area contributed by atoms with Crippen LogP contribution in [-0.4, -0.2) is 11.2 Å². The highest BCUT2D eigenvalue weighted by molar-refractivity contribution is 7.80. The molecule has 0 heterocycles. The zero-order valence-electron chi connectivity index (χ0n) is 9.75. The highest BCUT2D eigenvalue weighted by atomic mass is 32.1. The Hall–Kier alpha value is -1.16. The lowest BCUT2D eigenvalue weighted by atomic mass is 10.1. The molecule has 1 aromatic carbocycles. The van der Waals surface area contributed by atoms with E-state index in [2.05, 4.69) is 31.4 Å². The molecule has 0 saturated carbocycles. The summed E-state index contributed by atoms with van der Waals surface area (Å²) in [6, 6.07) is 6.42. The van der Waals surface area contributed by atoms with Crippen LogP contribution < -0.4 is 10.6 Å². The molecule has 2 nitrogen and oxygen atoms in total. The maximum atomic E-state index is 12.7. The molecule has 0 aliphatic heterocycles. The van der Waals surface area contributed by atoms with Crippen LogP contribution in [0.2, 0.25) is 0 Å². The van der Waals surface area contributed by atoms with E-state index in [1.807, 2.05) is 0 Å². The summed E-state index contributed by atoms with van der Waals surface area (Å²) in [5.41, 5.74) is 0.787. The number of nitrogens with one attached hydrogen (secondary N) is 2. The fourth-order valence-electron chi connectivity index (χ4n) is 1.07. The van der Waals surface area contributed by atoms with Crippen LogP contribution in [0.5, 0.6) is 0 Å². The van der Waals surface area contributed by atoms with E-state index in [0.29, 0.717) is 17.1 Å². The monoisotopic (exact) mass is 240 g/mol. The maximum absolute atomic E-state index is 12.7. The topological polar surface area (TPSA) is 24.1 Å². The van der Waals surface area contributed by atoms with Gasteiger partial charge in [-0.25, -0.2) is 4.39 Å². The molecule has 4 heteroatoms. The van der Waals surface area contributed by atoms with Crippen LogP contribution in [0.15, 0.2) is 24.3 Å². The van der Waals surface area contributed by atoms with Crippen molar-refractivity contribution < 1.29 is 4.39 Å². The van der Waals surface area contributed by atoms with Gasteiger partial charge in [-0.15, -0.1) is 0 Å². The SMILES string of the molecule is CC(C)C(C)NC(=S)Nc1ccc(F)cc1. The minimum absolute atomic E-state index is 0.250. The van der Waals surface area contributed by atoms with Crippen molar-refractivity contribution in [2.45, 2.75) is 26.8 Å². The molecular weight excluding hydrogens is 223 g/mol. The maximum Gasteiger partial charge on any atom is 0.170 e. The molecule has 0 saturated heterocycles. The lowest BCUT2D eigenvalue weighted by Crippen LogP contribution is -2.38. The third-order valence-electron chi connectivity index (χ3n) is 2.46. The van der Waals surface area contributed by atoms with Gasteiger partial charge in [0.2, 0.25) is 0 Å². The lowest BCUT2D eigenvalue weighted by molar-refractivity contribution is 0.489. The molecule has 0 amide bonds. The van der Waals surface area contributed by atoms with Gasteiger partial charge in [0.05, 0.1) is 0 Å². The standard InChI is InChI=1S/C12H17FN2S/c1-8(2)9(3)14-12(16)15-11-6-4-10(13)5-7-11/h4-9H,1-3H3,(H2,14,15,16). The Balaban J connectivity index is 2.48. The van der Waals surface area contributed by atoms with Gasteiger partial charge >= 0.3 is 0 Å². The summed E-state index contributed by atoms with van der Waals surface area (Å²) in [6.07, 6.45) is 0. The Bertz CT molecular complexity index is 349. The van der Waals surface area contributed by atoms with Crippen LogP contribution >= 0.6 is 12.2 Å². The number of hydrogen-bond acceptors (Lipinski definition) is 1. The Labute approximate surface area is 101 Å². The number of anilines is 1. The van der Waals surface area contributed by atoms with Crippen LogP contribution in [0, 0.1) is 11.7 Å². The van der Waals surface area contributed by atoms with E-state index in [0.717, 1.165) is 5.69 Å². The molecule has 0 bridgehead atoms. The first kappa shape index (κ1) is 12.9. The van der Waals surface area contributed by atoms with Gasteiger partial charge in [0.15, 0.2) is 5.11 Å². The zero-order valence-corrected chi connectivity index (χ0v) is 10.6. The normalized spacial score (nSPS) is 12.3. The molecule has 0 aromatic heterocycles. The van der Waals surface area contributed by atoms with Crippen LogP contribution in [0.25, 0.3) is 0 Å². The molecule has 88 valence electrons. The first-order chi connectivity index (χ1) is 7.49. The van der Waals surface area contributed by atoms with Gasteiger partial charge in [-0.3, -0.25) is 0 Å². The smallest absolute Gasteiger partial charge is 0.170 e. The van der Waals surface area contributed by atoms with Gasteiger partial charge in [0.1, 0.15) is 5.82 Å². The molecule has 1 rings (SSSR count). The van der Waals surface area contributed by atoms with Crippen molar-refractivity contribution in [2.24, 2.45) is 5.92 Å². The molecule has 1 atom stereocenters. The molecule has 0 aliphatic rings. The molecule has 0 spiro atoms. The Morgan fingerprint density at radius 1 is 1.19 bits per heavy atom. The number of thiocarbonyl (C=S) groups is 1. The average molecular weight is 240 g/mol. The van der Waals surface area contributed by atoms with Crippen LogP contribution in [0.3, 0.4) is 0 Å². The van der Waals surface area contributed by atoms with E-state index in [9.17, 15) is 4.39 Å².